The Balaban J connectivity index is 1.30. The van der Waals surface area contributed by atoms with Crippen molar-refractivity contribution in [2.45, 2.75) is 12.1 Å². The van der Waals surface area contributed by atoms with Crippen LogP contribution in [0.1, 0.15) is 20.7 Å². The number of hydrogen-bond acceptors (Lipinski definition) is 8. The number of benzene rings is 4. The number of ether oxygens (including phenoxy) is 2. The minimum absolute atomic E-state index is 0.175. The fraction of sp³-hybridized carbons (Fsp3) is 0.176. The molecule has 0 spiro atoms. The first-order valence-electron chi connectivity index (χ1n) is 13.7. The van der Waals surface area contributed by atoms with Crippen LogP contribution in [0.3, 0.4) is 0 Å². The summed E-state index contributed by atoms with van der Waals surface area (Å²) in [6.07, 6.45) is 0. The van der Waals surface area contributed by atoms with E-state index in [1.807, 2.05) is 84.9 Å². The van der Waals surface area contributed by atoms with Gasteiger partial charge in [-0.3, -0.25) is 9.59 Å². The van der Waals surface area contributed by atoms with Gasteiger partial charge in [0, 0.05) is 22.6 Å². The molecule has 4 aromatic carbocycles. The van der Waals surface area contributed by atoms with Gasteiger partial charge in [-0.25, -0.2) is 9.59 Å². The summed E-state index contributed by atoms with van der Waals surface area (Å²) >= 11 is 0. The lowest BCUT2D eigenvalue weighted by Gasteiger charge is -2.18. The van der Waals surface area contributed by atoms with Crippen molar-refractivity contribution in [1.29, 1.82) is 0 Å². The third kappa shape index (κ3) is 8.98. The van der Waals surface area contributed by atoms with E-state index in [1.165, 1.54) is 35.8 Å². The smallest absolute Gasteiger partial charge is 0.329 e. The topological polar surface area (TPSA) is 111 Å². The Labute approximate surface area is 264 Å². The van der Waals surface area contributed by atoms with Gasteiger partial charge in [-0.15, -0.1) is 0 Å². The zero-order valence-electron chi connectivity index (χ0n) is 24.2. The van der Waals surface area contributed by atoms with E-state index in [0.29, 0.717) is 11.1 Å². The van der Waals surface area contributed by atoms with Crippen molar-refractivity contribution >= 4 is 45.3 Å². The van der Waals surface area contributed by atoms with Crippen molar-refractivity contribution in [3.63, 3.8) is 0 Å². The Bertz CT molecular complexity index is 1430. The lowest BCUT2D eigenvalue weighted by atomic mass is 10.0. The first-order chi connectivity index (χ1) is 21.4. The van der Waals surface area contributed by atoms with Gasteiger partial charge in [0.25, 0.3) is 11.8 Å². The Morgan fingerprint density at radius 1 is 0.523 bits per heavy atom. The Kier molecular flexibility index (Phi) is 12.0. The fourth-order valence-corrected chi connectivity index (χ4v) is 6.52. The van der Waals surface area contributed by atoms with Crippen molar-refractivity contribution < 1.29 is 28.7 Å². The summed E-state index contributed by atoms with van der Waals surface area (Å²) in [5, 5.41) is 5.45. The molecule has 2 N–H and O–H groups in total. The lowest BCUT2D eigenvalue weighted by molar-refractivity contribution is -0.143. The second-order valence-corrected chi connectivity index (χ2v) is 12.1. The first kappa shape index (κ1) is 32.4. The van der Waals surface area contributed by atoms with Gasteiger partial charge in [0.05, 0.1) is 14.2 Å². The van der Waals surface area contributed by atoms with E-state index in [0.717, 1.165) is 22.3 Å². The van der Waals surface area contributed by atoms with Gasteiger partial charge in [0.2, 0.25) is 0 Å². The maximum Gasteiger partial charge on any atom is 0.329 e. The van der Waals surface area contributed by atoms with Crippen LogP contribution in [0.15, 0.2) is 109 Å². The monoisotopic (exact) mass is 628 g/mol. The van der Waals surface area contributed by atoms with E-state index in [1.54, 1.807) is 24.3 Å². The molecule has 0 saturated heterocycles. The molecule has 0 bridgehead atoms. The third-order valence-corrected chi connectivity index (χ3v) is 9.07. The number of nitrogens with one attached hydrogen (secondary N) is 2. The Hall–Kier alpha value is -4.54. The maximum absolute atomic E-state index is 12.9. The van der Waals surface area contributed by atoms with Crippen molar-refractivity contribution in [1.82, 2.24) is 10.6 Å². The third-order valence-electron chi connectivity index (χ3n) is 6.64. The molecule has 0 aliphatic heterocycles. The number of rotatable bonds is 13. The summed E-state index contributed by atoms with van der Waals surface area (Å²) < 4.78 is 9.78. The molecule has 0 aliphatic carbocycles. The molecule has 0 saturated carbocycles. The molecule has 4 rings (SSSR count). The predicted molar refractivity (Wildman–Crippen MR) is 175 cm³/mol. The standard InChI is InChI=1S/C34H32N2O6S2/c1-41-33(39)29(35-31(37)27-17-13-25(14-18-27)23-9-5-3-6-10-23)21-43-44-22-30(34(40)42-2)36-32(38)28-19-15-26(16-20-28)24-11-7-4-8-12-24/h3-20,29-30H,21-22H2,1-2H3,(H,35,37)(H,36,38). The van der Waals surface area contributed by atoms with Crippen LogP contribution in [0.5, 0.6) is 0 Å². The summed E-state index contributed by atoms with van der Waals surface area (Å²) in [6.45, 7) is 0. The molecule has 0 aliphatic rings. The molecule has 2 unspecified atom stereocenters. The van der Waals surface area contributed by atoms with Crippen LogP contribution in [0, 0.1) is 0 Å². The molecule has 0 fully saturated rings. The summed E-state index contributed by atoms with van der Waals surface area (Å²) in [5.41, 5.74) is 4.80. The zero-order valence-corrected chi connectivity index (χ0v) is 25.9. The van der Waals surface area contributed by atoms with E-state index in [9.17, 15) is 19.2 Å². The van der Waals surface area contributed by atoms with Crippen molar-refractivity contribution in [2.75, 3.05) is 25.7 Å². The van der Waals surface area contributed by atoms with Crippen molar-refractivity contribution in [2.24, 2.45) is 0 Å². The van der Waals surface area contributed by atoms with E-state index in [2.05, 4.69) is 10.6 Å². The minimum atomic E-state index is -0.923. The first-order valence-corrected chi connectivity index (χ1v) is 16.2. The van der Waals surface area contributed by atoms with Crippen LogP contribution in [-0.4, -0.2) is 61.6 Å². The van der Waals surface area contributed by atoms with Crippen molar-refractivity contribution in [3.05, 3.63) is 120 Å². The Morgan fingerprint density at radius 2 is 0.841 bits per heavy atom. The number of carbonyl (C=O) groups is 4. The van der Waals surface area contributed by atoms with E-state index >= 15 is 0 Å². The van der Waals surface area contributed by atoms with Crippen LogP contribution in [0.2, 0.25) is 0 Å². The van der Waals surface area contributed by atoms with E-state index in [-0.39, 0.29) is 11.5 Å². The largest absolute Gasteiger partial charge is 0.467 e. The van der Waals surface area contributed by atoms with Crippen LogP contribution in [-0.2, 0) is 19.1 Å². The highest BCUT2D eigenvalue weighted by atomic mass is 33.1. The summed E-state index contributed by atoms with van der Waals surface area (Å²) in [7, 11) is 5.03. The molecular formula is C34H32N2O6S2. The van der Waals surface area contributed by atoms with Gasteiger partial charge in [-0.1, -0.05) is 107 Å². The molecule has 2 atom stereocenters. The van der Waals surface area contributed by atoms with Crippen LogP contribution < -0.4 is 10.6 Å². The summed E-state index contributed by atoms with van der Waals surface area (Å²) in [5.74, 6) is -1.66. The van der Waals surface area contributed by atoms with Crippen LogP contribution in [0.25, 0.3) is 22.3 Å². The molecule has 226 valence electrons. The normalized spacial score (nSPS) is 12.0. The molecule has 44 heavy (non-hydrogen) atoms. The van der Waals surface area contributed by atoms with Gasteiger partial charge in [-0.05, 0) is 46.5 Å². The molecule has 0 heterocycles. The highest BCUT2D eigenvalue weighted by Gasteiger charge is 2.25. The van der Waals surface area contributed by atoms with Gasteiger partial charge in [-0.2, -0.15) is 0 Å². The van der Waals surface area contributed by atoms with Crippen LogP contribution >= 0.6 is 21.6 Å². The number of methoxy groups -OCH3 is 2. The minimum Gasteiger partial charge on any atom is -0.467 e. The second-order valence-electron chi connectivity index (χ2n) is 9.55. The summed E-state index contributed by atoms with van der Waals surface area (Å²) in [6, 6.07) is 31.9. The summed E-state index contributed by atoms with van der Waals surface area (Å²) in [4.78, 5) is 50.7. The highest BCUT2D eigenvalue weighted by molar-refractivity contribution is 8.76. The number of amides is 2. The van der Waals surface area contributed by atoms with E-state index in [4.69, 9.17) is 9.47 Å². The average molecular weight is 629 g/mol. The fourth-order valence-electron chi connectivity index (χ4n) is 4.23. The molecule has 0 radical (unpaired) electrons. The quantitative estimate of drug-likeness (QED) is 0.111. The molecule has 0 aromatic heterocycles. The Morgan fingerprint density at radius 3 is 1.16 bits per heavy atom. The second kappa shape index (κ2) is 16.3. The SMILES string of the molecule is COC(=O)C(CSSCC(NC(=O)c1ccc(-c2ccccc2)cc1)C(=O)OC)NC(=O)c1ccc(-c2ccccc2)cc1. The van der Waals surface area contributed by atoms with Gasteiger partial charge >= 0.3 is 11.9 Å². The molecule has 10 heteroatoms. The predicted octanol–water partition coefficient (Wildman–Crippen LogP) is 5.65. The van der Waals surface area contributed by atoms with Gasteiger partial charge < -0.3 is 20.1 Å². The molecule has 8 nitrogen and oxygen atoms in total. The average Bonchev–Trinajstić information content (AvgIpc) is 3.09. The molecular weight excluding hydrogens is 597 g/mol. The van der Waals surface area contributed by atoms with Crippen LogP contribution in [0.4, 0.5) is 0 Å². The maximum atomic E-state index is 12.9. The van der Waals surface area contributed by atoms with Gasteiger partial charge in [0.15, 0.2) is 0 Å². The van der Waals surface area contributed by atoms with Crippen molar-refractivity contribution in [3.8, 4) is 22.3 Å². The zero-order chi connectivity index (χ0) is 31.3. The number of esters is 2. The molecule has 2 amide bonds. The highest BCUT2D eigenvalue weighted by Crippen LogP contribution is 2.25. The number of hydrogen-bond donors (Lipinski definition) is 2. The lowest BCUT2D eigenvalue weighted by Crippen LogP contribution is -2.44. The van der Waals surface area contributed by atoms with E-state index < -0.39 is 35.8 Å². The molecule has 4 aromatic rings. The van der Waals surface area contributed by atoms with Gasteiger partial charge in [0.1, 0.15) is 12.1 Å². The number of carbonyl (C=O) groups excluding carboxylic acids is 4.